The Balaban J connectivity index is 2.52. The summed E-state index contributed by atoms with van der Waals surface area (Å²) in [6, 6.07) is 4.82. The van der Waals surface area contributed by atoms with Crippen molar-refractivity contribution in [1.82, 2.24) is 10.2 Å². The molecule has 1 aromatic carbocycles. The smallest absolute Gasteiger partial charge is 0.270 e. The molecule has 0 amide bonds. The van der Waals surface area contributed by atoms with E-state index >= 15 is 0 Å². The molecule has 94 valence electrons. The zero-order chi connectivity index (χ0) is 12.8. The van der Waals surface area contributed by atoms with E-state index in [-0.39, 0.29) is 5.69 Å². The van der Waals surface area contributed by atoms with Gasteiger partial charge >= 0.3 is 0 Å². The minimum Gasteiger partial charge on any atom is -0.311 e. The van der Waals surface area contributed by atoms with Gasteiger partial charge in [0.25, 0.3) is 5.69 Å². The highest BCUT2D eigenvalue weighted by atomic mass is 79.9. The molecular weight excluding hydrogens is 286 g/mol. The number of nitrogens with zero attached hydrogens (tertiary/aromatic N) is 2. The summed E-state index contributed by atoms with van der Waals surface area (Å²) in [6.45, 7) is 2.55. The third-order valence-electron chi connectivity index (χ3n) is 2.30. The summed E-state index contributed by atoms with van der Waals surface area (Å²) >= 11 is 3.34. The molecule has 0 saturated heterocycles. The van der Waals surface area contributed by atoms with Crippen LogP contribution in [0.1, 0.15) is 5.56 Å². The van der Waals surface area contributed by atoms with Crippen LogP contribution in [0.4, 0.5) is 5.69 Å². The monoisotopic (exact) mass is 301 g/mol. The van der Waals surface area contributed by atoms with Gasteiger partial charge in [-0.3, -0.25) is 10.1 Å². The van der Waals surface area contributed by atoms with Crippen LogP contribution in [0.2, 0.25) is 0 Å². The molecule has 0 atom stereocenters. The second-order valence-corrected chi connectivity index (χ2v) is 4.87. The second kappa shape index (κ2) is 6.68. The van der Waals surface area contributed by atoms with E-state index in [0.717, 1.165) is 23.1 Å². The molecule has 5 nitrogen and oxygen atoms in total. The van der Waals surface area contributed by atoms with Gasteiger partial charge in [-0.05, 0) is 25.7 Å². The Kier molecular flexibility index (Phi) is 5.54. The van der Waals surface area contributed by atoms with Crippen molar-refractivity contribution < 1.29 is 4.92 Å². The minimum absolute atomic E-state index is 0.105. The quantitative estimate of drug-likeness (QED) is 0.496. The van der Waals surface area contributed by atoms with Gasteiger partial charge in [-0.2, -0.15) is 0 Å². The zero-order valence-electron chi connectivity index (χ0n) is 9.94. The number of hydrogen-bond donors (Lipinski definition) is 1. The molecule has 0 fully saturated rings. The lowest BCUT2D eigenvalue weighted by Gasteiger charge is -2.11. The molecule has 1 rings (SSSR count). The van der Waals surface area contributed by atoms with Crippen molar-refractivity contribution in [3.63, 3.8) is 0 Å². The van der Waals surface area contributed by atoms with Crippen LogP contribution in [0.25, 0.3) is 0 Å². The highest BCUT2D eigenvalue weighted by Gasteiger charge is 2.08. The molecule has 0 unspecified atom stereocenters. The van der Waals surface area contributed by atoms with E-state index in [1.807, 2.05) is 14.1 Å². The average Bonchev–Trinajstić information content (AvgIpc) is 2.25. The predicted octanol–water partition coefficient (Wildman–Crippen LogP) is 2.01. The molecule has 0 spiro atoms. The van der Waals surface area contributed by atoms with E-state index in [2.05, 4.69) is 26.1 Å². The number of non-ortho nitro benzene ring substituents is 1. The fourth-order valence-electron chi connectivity index (χ4n) is 1.32. The average molecular weight is 302 g/mol. The number of benzene rings is 1. The van der Waals surface area contributed by atoms with Gasteiger partial charge in [0.05, 0.1) is 4.92 Å². The summed E-state index contributed by atoms with van der Waals surface area (Å²) in [7, 11) is 4.03. The summed E-state index contributed by atoms with van der Waals surface area (Å²) < 4.78 is 0.768. The van der Waals surface area contributed by atoms with Gasteiger partial charge < -0.3 is 10.2 Å². The Labute approximate surface area is 109 Å². The number of halogens is 1. The Morgan fingerprint density at radius 1 is 1.47 bits per heavy atom. The van der Waals surface area contributed by atoms with Crippen LogP contribution in [0.3, 0.4) is 0 Å². The molecule has 0 aliphatic heterocycles. The summed E-state index contributed by atoms with van der Waals surface area (Å²) in [5, 5.41) is 13.8. The third-order valence-corrected chi connectivity index (χ3v) is 3.04. The van der Waals surface area contributed by atoms with Gasteiger partial charge in [-0.15, -0.1) is 0 Å². The molecule has 0 aliphatic rings. The van der Waals surface area contributed by atoms with Crippen LogP contribution >= 0.6 is 15.9 Å². The molecule has 17 heavy (non-hydrogen) atoms. The number of nitro benzene ring substituents is 1. The van der Waals surface area contributed by atoms with E-state index in [1.54, 1.807) is 6.07 Å². The number of likely N-dealkylation sites (N-methyl/N-ethyl adjacent to an activating group) is 1. The minimum atomic E-state index is -0.395. The normalized spacial score (nSPS) is 10.8. The van der Waals surface area contributed by atoms with E-state index in [1.165, 1.54) is 12.1 Å². The van der Waals surface area contributed by atoms with Crippen LogP contribution in [-0.2, 0) is 6.54 Å². The van der Waals surface area contributed by atoms with E-state index in [4.69, 9.17) is 0 Å². The number of nitro groups is 1. The second-order valence-electron chi connectivity index (χ2n) is 4.01. The first kappa shape index (κ1) is 14.1. The molecule has 6 heteroatoms. The number of hydrogen-bond acceptors (Lipinski definition) is 4. The SMILES string of the molecule is CN(C)CCNCc1ccc([N+](=O)[O-])cc1Br. The molecule has 0 radical (unpaired) electrons. The number of rotatable bonds is 6. The fraction of sp³-hybridized carbons (Fsp3) is 0.455. The standard InChI is InChI=1S/C11H16BrN3O2/c1-14(2)6-5-13-8-9-3-4-10(15(16)17)7-11(9)12/h3-4,7,13H,5-6,8H2,1-2H3. The van der Waals surface area contributed by atoms with E-state index in [0.29, 0.717) is 6.54 Å². The summed E-state index contributed by atoms with van der Waals surface area (Å²) in [5.41, 5.74) is 1.13. The van der Waals surface area contributed by atoms with Gasteiger partial charge in [-0.25, -0.2) is 0 Å². The Morgan fingerprint density at radius 3 is 2.71 bits per heavy atom. The maximum Gasteiger partial charge on any atom is 0.270 e. The van der Waals surface area contributed by atoms with Crippen molar-refractivity contribution in [1.29, 1.82) is 0 Å². The largest absolute Gasteiger partial charge is 0.311 e. The lowest BCUT2D eigenvalue weighted by Crippen LogP contribution is -2.26. The summed E-state index contributed by atoms with van der Waals surface area (Å²) in [6.07, 6.45) is 0. The fourth-order valence-corrected chi connectivity index (χ4v) is 1.83. The van der Waals surface area contributed by atoms with Gasteiger partial charge in [0.15, 0.2) is 0 Å². The maximum absolute atomic E-state index is 10.6. The lowest BCUT2D eigenvalue weighted by molar-refractivity contribution is -0.384. The van der Waals surface area contributed by atoms with Crippen LogP contribution in [0.5, 0.6) is 0 Å². The summed E-state index contributed by atoms with van der Waals surface area (Å²) in [5.74, 6) is 0. The van der Waals surface area contributed by atoms with Gasteiger partial charge in [0.2, 0.25) is 0 Å². The maximum atomic E-state index is 10.6. The van der Waals surface area contributed by atoms with Crippen LogP contribution in [0.15, 0.2) is 22.7 Å². The lowest BCUT2D eigenvalue weighted by atomic mass is 10.2. The van der Waals surface area contributed by atoms with Crippen molar-refractivity contribution in [3.05, 3.63) is 38.3 Å². The first-order valence-corrected chi connectivity index (χ1v) is 6.08. The molecular formula is C11H16BrN3O2. The van der Waals surface area contributed by atoms with Gasteiger partial charge in [0.1, 0.15) is 0 Å². The van der Waals surface area contributed by atoms with Crippen LogP contribution < -0.4 is 5.32 Å². The molecule has 0 aromatic heterocycles. The van der Waals surface area contributed by atoms with Crippen molar-refractivity contribution in [3.8, 4) is 0 Å². The van der Waals surface area contributed by atoms with Crippen molar-refractivity contribution in [2.45, 2.75) is 6.54 Å². The van der Waals surface area contributed by atoms with E-state index < -0.39 is 4.92 Å². The van der Waals surface area contributed by atoms with Crippen molar-refractivity contribution in [2.75, 3.05) is 27.2 Å². The van der Waals surface area contributed by atoms with Crippen LogP contribution in [0, 0.1) is 10.1 Å². The highest BCUT2D eigenvalue weighted by Crippen LogP contribution is 2.22. The van der Waals surface area contributed by atoms with E-state index in [9.17, 15) is 10.1 Å². The van der Waals surface area contributed by atoms with Gasteiger partial charge in [-0.1, -0.05) is 15.9 Å². The molecule has 0 aliphatic carbocycles. The molecule has 0 heterocycles. The Bertz CT molecular complexity index is 396. The Hall–Kier alpha value is -0.980. The van der Waals surface area contributed by atoms with Gasteiger partial charge in [0, 0.05) is 36.2 Å². The third kappa shape index (κ3) is 4.80. The highest BCUT2D eigenvalue weighted by molar-refractivity contribution is 9.10. The summed E-state index contributed by atoms with van der Waals surface area (Å²) in [4.78, 5) is 12.3. The first-order valence-electron chi connectivity index (χ1n) is 5.29. The Morgan fingerprint density at radius 2 is 2.18 bits per heavy atom. The zero-order valence-corrected chi connectivity index (χ0v) is 11.5. The molecule has 1 aromatic rings. The topological polar surface area (TPSA) is 58.4 Å². The van der Waals surface area contributed by atoms with Crippen molar-refractivity contribution >= 4 is 21.6 Å². The molecule has 0 saturated carbocycles. The van der Waals surface area contributed by atoms with Crippen LogP contribution in [-0.4, -0.2) is 37.0 Å². The molecule has 0 bridgehead atoms. The molecule has 1 N–H and O–H groups in total. The number of nitrogens with one attached hydrogen (secondary N) is 1. The first-order chi connectivity index (χ1) is 8.00. The predicted molar refractivity (Wildman–Crippen MR) is 71.1 cm³/mol. The van der Waals surface area contributed by atoms with Crippen molar-refractivity contribution in [2.24, 2.45) is 0 Å².